The summed E-state index contributed by atoms with van der Waals surface area (Å²) >= 11 is 0. The Balaban J connectivity index is 1.65. The second-order valence-corrected chi connectivity index (χ2v) is 9.79. The molecule has 4 aliphatic rings. The van der Waals surface area contributed by atoms with E-state index in [1.165, 1.54) is 11.6 Å². The van der Waals surface area contributed by atoms with Crippen LogP contribution in [0.15, 0.2) is 23.8 Å². The number of ether oxygens (including phenoxy) is 1. The minimum Gasteiger partial charge on any atom is -0.396 e. The summed E-state index contributed by atoms with van der Waals surface area (Å²) in [5, 5.41) is 29.9. The highest BCUT2D eigenvalue weighted by Gasteiger charge is 2.69. The van der Waals surface area contributed by atoms with E-state index >= 15 is 0 Å². The Hall–Kier alpha value is -1.01. The molecule has 2 saturated carbocycles. The fourth-order valence-electron chi connectivity index (χ4n) is 6.64. The van der Waals surface area contributed by atoms with Gasteiger partial charge in [-0.1, -0.05) is 32.4 Å². The molecule has 5 heteroatoms. The maximum atomic E-state index is 12.8. The summed E-state index contributed by atoms with van der Waals surface area (Å²) in [5.41, 5.74) is 0.425. The third-order valence-electron chi connectivity index (χ3n) is 8.33. The Bertz CT molecular complexity index is 699. The fraction of sp³-hybridized carbons (Fsp3) is 0.773. The van der Waals surface area contributed by atoms with Crippen molar-refractivity contribution in [2.45, 2.75) is 70.2 Å². The monoisotopic (exact) mass is 376 g/mol. The summed E-state index contributed by atoms with van der Waals surface area (Å²) in [5.74, 6) is 0.383. The zero-order valence-corrected chi connectivity index (χ0v) is 16.4. The van der Waals surface area contributed by atoms with Crippen LogP contribution < -0.4 is 0 Å². The number of rotatable bonds is 4. The van der Waals surface area contributed by atoms with Crippen LogP contribution in [0.5, 0.6) is 0 Å². The lowest BCUT2D eigenvalue weighted by atomic mass is 9.46. The summed E-state index contributed by atoms with van der Waals surface area (Å²) in [6.45, 7) is 8.71. The molecule has 5 nitrogen and oxygen atoms in total. The van der Waals surface area contributed by atoms with Gasteiger partial charge in [-0.25, -0.2) is 0 Å². The highest BCUT2D eigenvalue weighted by atomic mass is 16.6. The first kappa shape index (κ1) is 19.3. The lowest BCUT2D eigenvalue weighted by molar-refractivity contribution is -0.123. The molecule has 0 radical (unpaired) electrons. The van der Waals surface area contributed by atoms with Crippen LogP contribution in [0, 0.1) is 22.7 Å². The first-order chi connectivity index (χ1) is 12.7. The molecule has 1 saturated heterocycles. The molecule has 0 aromatic rings. The molecule has 1 heterocycles. The molecule has 150 valence electrons. The SMILES string of the molecule is C=C1CCC2[C@](C)(CO)CCC[C@]2(C)[C@H]1C[C@@]12O[C@@H]1[C@@H](O)C(CO)=CC2=O. The number of fused-ring (bicyclic) bond motifs is 2. The van der Waals surface area contributed by atoms with Crippen LogP contribution >= 0.6 is 0 Å². The van der Waals surface area contributed by atoms with Crippen molar-refractivity contribution in [2.75, 3.05) is 13.2 Å². The first-order valence-corrected chi connectivity index (χ1v) is 10.2. The van der Waals surface area contributed by atoms with E-state index in [1.807, 2.05) is 0 Å². The normalized spacial score (nSPS) is 49.3. The molecule has 1 aliphatic heterocycles. The number of hydrogen-bond acceptors (Lipinski definition) is 5. The van der Waals surface area contributed by atoms with Crippen LogP contribution in [0.25, 0.3) is 0 Å². The standard InChI is InChI=1S/C22H32O5/c1-13-5-6-16-20(2,12-24)7-4-8-21(16,3)15(13)10-22-17(25)9-14(11-23)18(26)19(22)27-22/h9,15-16,18-19,23-24,26H,1,4-8,10-12H2,2-3H3/t15-,16?,18-,19+,20-,21+,22-/m0/s1. The third-order valence-corrected chi connectivity index (χ3v) is 8.33. The van der Waals surface area contributed by atoms with Crippen LogP contribution in [-0.4, -0.2) is 52.1 Å². The lowest BCUT2D eigenvalue weighted by Gasteiger charge is -2.58. The molecule has 0 spiro atoms. The molecular weight excluding hydrogens is 344 g/mol. The van der Waals surface area contributed by atoms with E-state index in [9.17, 15) is 20.1 Å². The Morgan fingerprint density at radius 2 is 2.04 bits per heavy atom. The number of aliphatic hydroxyl groups is 3. The third kappa shape index (κ3) is 2.62. The van der Waals surface area contributed by atoms with E-state index in [0.29, 0.717) is 17.9 Å². The van der Waals surface area contributed by atoms with Gasteiger partial charge in [0.05, 0.1) is 6.61 Å². The van der Waals surface area contributed by atoms with Crippen LogP contribution in [0.2, 0.25) is 0 Å². The Labute approximate surface area is 161 Å². The molecule has 0 bridgehead atoms. The summed E-state index contributed by atoms with van der Waals surface area (Å²) in [7, 11) is 0. The molecule has 3 N–H and O–H groups in total. The van der Waals surface area contributed by atoms with Gasteiger partial charge in [0.2, 0.25) is 0 Å². The summed E-state index contributed by atoms with van der Waals surface area (Å²) in [4.78, 5) is 12.8. The second-order valence-electron chi connectivity index (χ2n) is 9.79. The van der Waals surface area contributed by atoms with Crippen molar-refractivity contribution in [1.29, 1.82) is 0 Å². The van der Waals surface area contributed by atoms with Gasteiger partial charge in [-0.05, 0) is 66.4 Å². The van der Waals surface area contributed by atoms with Gasteiger partial charge in [-0.2, -0.15) is 0 Å². The number of epoxide rings is 1. The number of ketones is 1. The molecule has 7 atom stereocenters. The van der Waals surface area contributed by atoms with E-state index in [2.05, 4.69) is 20.4 Å². The van der Waals surface area contributed by atoms with Crippen molar-refractivity contribution < 1.29 is 24.9 Å². The topological polar surface area (TPSA) is 90.3 Å². The zero-order chi connectivity index (χ0) is 19.6. The van der Waals surface area contributed by atoms with Crippen LogP contribution in [-0.2, 0) is 9.53 Å². The maximum Gasteiger partial charge on any atom is 0.190 e. The molecule has 3 fully saturated rings. The van der Waals surface area contributed by atoms with E-state index in [1.54, 1.807) is 0 Å². The number of hydrogen-bond donors (Lipinski definition) is 3. The van der Waals surface area contributed by atoms with Gasteiger partial charge in [0.25, 0.3) is 0 Å². The molecule has 0 amide bonds. The highest BCUT2D eigenvalue weighted by molar-refractivity contribution is 6.02. The van der Waals surface area contributed by atoms with Gasteiger partial charge >= 0.3 is 0 Å². The smallest absolute Gasteiger partial charge is 0.190 e. The van der Waals surface area contributed by atoms with Crippen LogP contribution in [0.3, 0.4) is 0 Å². The van der Waals surface area contributed by atoms with E-state index < -0.39 is 17.8 Å². The zero-order valence-electron chi connectivity index (χ0n) is 16.4. The van der Waals surface area contributed by atoms with Gasteiger partial charge < -0.3 is 20.1 Å². The second kappa shape index (κ2) is 6.24. The van der Waals surface area contributed by atoms with Crippen LogP contribution in [0.1, 0.15) is 52.4 Å². The largest absolute Gasteiger partial charge is 0.396 e. The van der Waals surface area contributed by atoms with Crippen molar-refractivity contribution >= 4 is 5.78 Å². The number of carbonyl (C=O) groups excluding carboxylic acids is 1. The predicted octanol–water partition coefficient (Wildman–Crippen LogP) is 2.15. The Kier molecular flexibility index (Phi) is 4.47. The first-order valence-electron chi connectivity index (χ1n) is 10.2. The quantitative estimate of drug-likeness (QED) is 0.517. The minimum atomic E-state index is -0.969. The molecule has 4 rings (SSSR count). The molecule has 27 heavy (non-hydrogen) atoms. The Morgan fingerprint density at radius 1 is 1.30 bits per heavy atom. The van der Waals surface area contributed by atoms with E-state index in [-0.39, 0.29) is 35.7 Å². The average Bonchev–Trinajstić information content (AvgIpc) is 3.38. The van der Waals surface area contributed by atoms with E-state index in [0.717, 1.165) is 32.1 Å². The van der Waals surface area contributed by atoms with Crippen molar-refractivity contribution in [3.8, 4) is 0 Å². The fourth-order valence-corrected chi connectivity index (χ4v) is 6.64. The van der Waals surface area contributed by atoms with Crippen molar-refractivity contribution in [2.24, 2.45) is 22.7 Å². The van der Waals surface area contributed by atoms with Gasteiger partial charge in [0.1, 0.15) is 12.2 Å². The lowest BCUT2D eigenvalue weighted by Crippen LogP contribution is -2.53. The van der Waals surface area contributed by atoms with Crippen molar-refractivity contribution in [3.05, 3.63) is 23.8 Å². The maximum absolute atomic E-state index is 12.8. The summed E-state index contributed by atoms with van der Waals surface area (Å²) in [6, 6.07) is 0. The molecular formula is C22H32O5. The summed E-state index contributed by atoms with van der Waals surface area (Å²) in [6.07, 6.45) is 5.55. The van der Waals surface area contributed by atoms with Crippen molar-refractivity contribution in [3.63, 3.8) is 0 Å². The van der Waals surface area contributed by atoms with Gasteiger partial charge in [-0.3, -0.25) is 4.79 Å². The van der Waals surface area contributed by atoms with Gasteiger partial charge in [0.15, 0.2) is 11.4 Å². The van der Waals surface area contributed by atoms with Gasteiger partial charge in [0, 0.05) is 6.61 Å². The minimum absolute atomic E-state index is 0.0253. The molecule has 0 aromatic carbocycles. The molecule has 1 unspecified atom stereocenters. The number of allylic oxidation sites excluding steroid dienone is 1. The van der Waals surface area contributed by atoms with Gasteiger partial charge in [-0.15, -0.1) is 0 Å². The summed E-state index contributed by atoms with van der Waals surface area (Å²) < 4.78 is 5.82. The molecule has 0 aromatic heterocycles. The van der Waals surface area contributed by atoms with E-state index in [4.69, 9.17) is 4.74 Å². The van der Waals surface area contributed by atoms with Crippen LogP contribution in [0.4, 0.5) is 0 Å². The Morgan fingerprint density at radius 3 is 2.70 bits per heavy atom. The molecule has 3 aliphatic carbocycles. The average molecular weight is 376 g/mol. The highest BCUT2D eigenvalue weighted by Crippen LogP contribution is 2.64. The predicted molar refractivity (Wildman–Crippen MR) is 101 cm³/mol. The number of carbonyl (C=O) groups is 1. The number of aliphatic hydroxyl groups excluding tert-OH is 3. The van der Waals surface area contributed by atoms with Crippen molar-refractivity contribution in [1.82, 2.24) is 0 Å².